The molecule has 3 heterocycles. The van der Waals surface area contributed by atoms with Crippen LogP contribution in [0.3, 0.4) is 0 Å². The molecule has 1 aliphatic heterocycles. The minimum absolute atomic E-state index is 0.126. The number of halogens is 3. The fourth-order valence-corrected chi connectivity index (χ4v) is 3.71. The molecule has 31 heavy (non-hydrogen) atoms. The molecule has 1 saturated heterocycles. The lowest BCUT2D eigenvalue weighted by Gasteiger charge is -2.38. The second kappa shape index (κ2) is 7.55. The van der Waals surface area contributed by atoms with E-state index in [0.717, 1.165) is 25.0 Å². The molecule has 0 atom stereocenters. The summed E-state index contributed by atoms with van der Waals surface area (Å²) in [4.78, 5) is 24.9. The number of hydrogen-bond acceptors (Lipinski definition) is 3. The first-order valence-corrected chi connectivity index (χ1v) is 10.1. The van der Waals surface area contributed by atoms with Crippen LogP contribution in [0.5, 0.6) is 0 Å². The van der Waals surface area contributed by atoms with Gasteiger partial charge >= 0.3 is 12.2 Å². The van der Waals surface area contributed by atoms with Crippen molar-refractivity contribution in [3.05, 3.63) is 48.4 Å². The zero-order valence-corrected chi connectivity index (χ0v) is 17.6. The molecule has 0 spiro atoms. The Kier molecular flexibility index (Phi) is 5.15. The molecule has 1 fully saturated rings. The van der Waals surface area contributed by atoms with Gasteiger partial charge < -0.3 is 4.90 Å². The maximum absolute atomic E-state index is 13.0. The van der Waals surface area contributed by atoms with Crippen LogP contribution in [0.1, 0.15) is 32.3 Å². The molecule has 0 radical (unpaired) electrons. The lowest BCUT2D eigenvalue weighted by molar-refractivity contribution is -0.137. The number of imidazole rings is 1. The lowest BCUT2D eigenvalue weighted by Crippen LogP contribution is -2.47. The van der Waals surface area contributed by atoms with Crippen LogP contribution in [0.4, 0.5) is 23.8 Å². The van der Waals surface area contributed by atoms with E-state index in [1.54, 1.807) is 30.0 Å². The summed E-state index contributed by atoms with van der Waals surface area (Å²) in [5.41, 5.74) is 1.28. The van der Waals surface area contributed by atoms with E-state index in [1.807, 2.05) is 4.90 Å². The number of nitrogens with zero attached hydrogens (tertiary/aromatic N) is 5. The Morgan fingerprint density at radius 1 is 1.06 bits per heavy atom. The summed E-state index contributed by atoms with van der Waals surface area (Å²) in [5, 5.41) is 0. The van der Waals surface area contributed by atoms with Crippen LogP contribution in [0, 0.1) is 5.41 Å². The van der Waals surface area contributed by atoms with Crippen LogP contribution < -0.4 is 4.90 Å². The van der Waals surface area contributed by atoms with Crippen LogP contribution >= 0.6 is 0 Å². The smallest absolute Gasteiger partial charge is 0.324 e. The van der Waals surface area contributed by atoms with E-state index in [0.29, 0.717) is 35.8 Å². The van der Waals surface area contributed by atoms with E-state index >= 15 is 0 Å². The highest BCUT2D eigenvalue weighted by Crippen LogP contribution is 2.32. The van der Waals surface area contributed by atoms with Crippen molar-refractivity contribution in [2.45, 2.75) is 32.9 Å². The first-order valence-electron chi connectivity index (χ1n) is 10.1. The number of aromatic nitrogens is 3. The van der Waals surface area contributed by atoms with Crippen molar-refractivity contribution in [1.29, 1.82) is 0 Å². The van der Waals surface area contributed by atoms with Gasteiger partial charge in [-0.3, -0.25) is 9.30 Å². The number of fused-ring (bicyclic) bond motifs is 1. The zero-order valence-electron chi connectivity index (χ0n) is 17.6. The number of hydrogen-bond donors (Lipinski definition) is 0. The number of anilines is 1. The van der Waals surface area contributed by atoms with Gasteiger partial charge in [-0.2, -0.15) is 13.2 Å². The number of alkyl halides is 3. The highest BCUT2D eigenvalue weighted by molar-refractivity contribution is 5.90. The van der Waals surface area contributed by atoms with Gasteiger partial charge in [-0.25, -0.2) is 14.8 Å². The van der Waals surface area contributed by atoms with Crippen molar-refractivity contribution in [3.63, 3.8) is 0 Å². The van der Waals surface area contributed by atoms with Crippen molar-refractivity contribution in [2.24, 2.45) is 5.41 Å². The average molecular weight is 431 g/mol. The van der Waals surface area contributed by atoms with Crippen molar-refractivity contribution in [2.75, 3.05) is 25.0 Å². The van der Waals surface area contributed by atoms with E-state index < -0.39 is 11.7 Å². The molecule has 0 bridgehead atoms. The number of likely N-dealkylation sites (tertiary alicyclic amines) is 1. The Morgan fingerprint density at radius 2 is 1.71 bits per heavy atom. The SMILES string of the molecule is CN(C(=O)N1CCC(C)(C)CC1)c1cn2c(-c3ccc(C(F)(F)F)cc3)cnc2cn1. The normalized spacial score (nSPS) is 16.5. The molecule has 9 heteroatoms. The highest BCUT2D eigenvalue weighted by atomic mass is 19.4. The predicted octanol–water partition coefficient (Wildman–Crippen LogP) is 5.09. The third-order valence-electron chi connectivity index (χ3n) is 5.91. The Labute approximate surface area is 178 Å². The van der Waals surface area contributed by atoms with Crippen molar-refractivity contribution in [1.82, 2.24) is 19.3 Å². The minimum Gasteiger partial charge on any atom is -0.324 e. The van der Waals surface area contributed by atoms with Gasteiger partial charge in [0, 0.05) is 25.7 Å². The molecule has 3 aromatic rings. The number of amides is 2. The van der Waals surface area contributed by atoms with Gasteiger partial charge in [0.05, 0.1) is 29.8 Å². The molecule has 0 aliphatic carbocycles. The van der Waals surface area contributed by atoms with Gasteiger partial charge in [-0.05, 0) is 30.4 Å². The van der Waals surface area contributed by atoms with Gasteiger partial charge in [-0.15, -0.1) is 0 Å². The molecule has 0 saturated carbocycles. The summed E-state index contributed by atoms with van der Waals surface area (Å²) in [7, 11) is 1.67. The van der Waals surface area contributed by atoms with Gasteiger partial charge in [-0.1, -0.05) is 26.0 Å². The third-order valence-corrected chi connectivity index (χ3v) is 5.91. The van der Waals surface area contributed by atoms with Crippen molar-refractivity contribution >= 4 is 17.5 Å². The Hall–Kier alpha value is -3.10. The van der Waals surface area contributed by atoms with Gasteiger partial charge in [0.25, 0.3) is 0 Å². The molecular weight excluding hydrogens is 407 g/mol. The number of urea groups is 1. The molecule has 0 unspecified atom stereocenters. The zero-order chi connectivity index (χ0) is 22.4. The van der Waals surface area contributed by atoms with Crippen LogP contribution in [0.2, 0.25) is 0 Å². The van der Waals surface area contributed by atoms with Crippen LogP contribution in [0.15, 0.2) is 42.9 Å². The number of carbonyl (C=O) groups is 1. The maximum Gasteiger partial charge on any atom is 0.416 e. The number of rotatable bonds is 2. The second-order valence-corrected chi connectivity index (χ2v) is 8.69. The predicted molar refractivity (Wildman–Crippen MR) is 112 cm³/mol. The number of piperidine rings is 1. The molecule has 2 aromatic heterocycles. The van der Waals surface area contributed by atoms with Crippen LogP contribution in [-0.4, -0.2) is 45.4 Å². The minimum atomic E-state index is -4.39. The van der Waals surface area contributed by atoms with E-state index in [4.69, 9.17) is 0 Å². The molecule has 6 nitrogen and oxygen atoms in total. The van der Waals surface area contributed by atoms with Crippen LogP contribution in [0.25, 0.3) is 16.9 Å². The Morgan fingerprint density at radius 3 is 2.32 bits per heavy atom. The standard InChI is InChI=1S/C22H24F3N5O/c1-21(2)8-10-29(11-9-21)20(31)28(3)19-14-30-17(12-26-18(30)13-27-19)15-4-6-16(7-5-15)22(23,24)25/h4-7,12-14H,8-11H2,1-3H3. The lowest BCUT2D eigenvalue weighted by atomic mass is 9.83. The fraction of sp³-hybridized carbons (Fsp3) is 0.409. The molecule has 164 valence electrons. The summed E-state index contributed by atoms with van der Waals surface area (Å²) in [5.74, 6) is 0.438. The first-order chi connectivity index (χ1) is 14.5. The van der Waals surface area contributed by atoms with E-state index in [9.17, 15) is 18.0 Å². The number of carbonyl (C=O) groups excluding carboxylic acids is 1. The van der Waals surface area contributed by atoms with E-state index in [2.05, 4.69) is 23.8 Å². The summed E-state index contributed by atoms with van der Waals surface area (Å²) in [6.45, 7) is 5.80. The van der Waals surface area contributed by atoms with Gasteiger partial charge in [0.1, 0.15) is 0 Å². The molecule has 1 aliphatic rings. The Bertz CT molecular complexity index is 1090. The summed E-state index contributed by atoms with van der Waals surface area (Å²) < 4.78 is 40.3. The first kappa shape index (κ1) is 21.1. The average Bonchev–Trinajstić information content (AvgIpc) is 3.15. The van der Waals surface area contributed by atoms with Gasteiger partial charge in [0.15, 0.2) is 11.5 Å². The summed E-state index contributed by atoms with van der Waals surface area (Å²) in [6, 6.07) is 4.79. The van der Waals surface area contributed by atoms with E-state index in [1.165, 1.54) is 17.0 Å². The van der Waals surface area contributed by atoms with Gasteiger partial charge in [0.2, 0.25) is 0 Å². The molecular formula is C22H24F3N5O. The topological polar surface area (TPSA) is 53.7 Å². The molecule has 1 aromatic carbocycles. The molecule has 2 amide bonds. The molecule has 4 rings (SSSR count). The van der Waals surface area contributed by atoms with E-state index in [-0.39, 0.29) is 11.4 Å². The maximum atomic E-state index is 13.0. The second-order valence-electron chi connectivity index (χ2n) is 8.69. The van der Waals surface area contributed by atoms with Crippen molar-refractivity contribution < 1.29 is 18.0 Å². The fourth-order valence-electron chi connectivity index (χ4n) is 3.71. The summed E-state index contributed by atoms with van der Waals surface area (Å²) in [6.07, 6.45) is 2.31. The molecule has 0 N–H and O–H groups in total. The van der Waals surface area contributed by atoms with Crippen molar-refractivity contribution in [3.8, 4) is 11.3 Å². The third kappa shape index (κ3) is 4.22. The van der Waals surface area contributed by atoms with Crippen LogP contribution in [-0.2, 0) is 6.18 Å². The number of benzene rings is 1. The summed E-state index contributed by atoms with van der Waals surface area (Å²) >= 11 is 0. The Balaban J connectivity index is 1.60. The monoisotopic (exact) mass is 431 g/mol. The largest absolute Gasteiger partial charge is 0.416 e. The quantitative estimate of drug-likeness (QED) is 0.568. The highest BCUT2D eigenvalue weighted by Gasteiger charge is 2.31.